The van der Waals surface area contributed by atoms with Crippen molar-refractivity contribution >= 4 is 17.7 Å². The van der Waals surface area contributed by atoms with E-state index in [1.807, 2.05) is 6.07 Å². The Morgan fingerprint density at radius 2 is 2.06 bits per heavy atom. The van der Waals surface area contributed by atoms with Crippen molar-refractivity contribution in [3.8, 4) is 0 Å². The highest BCUT2D eigenvalue weighted by atomic mass is 32.2. The predicted molar refractivity (Wildman–Crippen MR) is 75.0 cm³/mol. The average Bonchev–Trinajstić information content (AvgIpc) is 2.54. The van der Waals surface area contributed by atoms with E-state index in [0.717, 1.165) is 25.7 Å². The largest absolute Gasteiger partial charge is 0.481 e. The SMILES string of the molecule is Cc1cccc(SC2CCCCCC2C(=O)O)c1. The summed E-state index contributed by atoms with van der Waals surface area (Å²) >= 11 is 1.75. The Morgan fingerprint density at radius 1 is 1.28 bits per heavy atom. The van der Waals surface area contributed by atoms with Gasteiger partial charge in [-0.05, 0) is 31.9 Å². The standard InChI is InChI=1S/C15H20O2S/c1-11-6-5-7-12(10-11)18-14-9-4-2-3-8-13(14)15(16)17/h5-7,10,13-14H,2-4,8-9H2,1H3,(H,16,17). The molecule has 0 bridgehead atoms. The highest BCUT2D eigenvalue weighted by Gasteiger charge is 2.30. The maximum absolute atomic E-state index is 11.4. The Bertz CT molecular complexity index is 417. The van der Waals surface area contributed by atoms with Crippen molar-refractivity contribution in [2.75, 3.05) is 0 Å². The molecular weight excluding hydrogens is 244 g/mol. The van der Waals surface area contributed by atoms with Crippen LogP contribution in [0, 0.1) is 12.8 Å². The molecule has 1 aliphatic carbocycles. The summed E-state index contributed by atoms with van der Waals surface area (Å²) in [6, 6.07) is 8.35. The summed E-state index contributed by atoms with van der Waals surface area (Å²) in [6.07, 6.45) is 5.25. The Labute approximate surface area is 113 Å². The van der Waals surface area contributed by atoms with Crippen LogP contribution in [0.2, 0.25) is 0 Å². The van der Waals surface area contributed by atoms with Crippen LogP contribution >= 0.6 is 11.8 Å². The molecule has 0 heterocycles. The number of hydrogen-bond donors (Lipinski definition) is 1. The molecule has 2 atom stereocenters. The van der Waals surface area contributed by atoms with Crippen LogP contribution in [-0.2, 0) is 4.79 Å². The van der Waals surface area contributed by atoms with Gasteiger partial charge in [-0.2, -0.15) is 0 Å². The second kappa shape index (κ2) is 6.28. The molecule has 1 fully saturated rings. The summed E-state index contributed by atoms with van der Waals surface area (Å²) in [6.45, 7) is 2.08. The summed E-state index contributed by atoms with van der Waals surface area (Å²) in [5, 5.41) is 9.58. The van der Waals surface area contributed by atoms with Crippen molar-refractivity contribution in [1.29, 1.82) is 0 Å². The maximum Gasteiger partial charge on any atom is 0.307 e. The Morgan fingerprint density at radius 3 is 2.78 bits per heavy atom. The number of aliphatic carboxylic acids is 1. The third-order valence-electron chi connectivity index (χ3n) is 3.55. The highest BCUT2D eigenvalue weighted by Crippen LogP contribution is 2.36. The van der Waals surface area contributed by atoms with Crippen molar-refractivity contribution in [2.45, 2.75) is 49.2 Å². The molecule has 18 heavy (non-hydrogen) atoms. The fraction of sp³-hybridized carbons (Fsp3) is 0.533. The van der Waals surface area contributed by atoms with Crippen LogP contribution in [0.4, 0.5) is 0 Å². The first-order chi connectivity index (χ1) is 8.66. The smallest absolute Gasteiger partial charge is 0.307 e. The first kappa shape index (κ1) is 13.5. The lowest BCUT2D eigenvalue weighted by Gasteiger charge is -2.21. The van der Waals surface area contributed by atoms with Gasteiger partial charge in [0, 0.05) is 10.1 Å². The number of benzene rings is 1. The van der Waals surface area contributed by atoms with Gasteiger partial charge in [-0.3, -0.25) is 4.79 Å². The van der Waals surface area contributed by atoms with Gasteiger partial charge in [0.15, 0.2) is 0 Å². The zero-order chi connectivity index (χ0) is 13.0. The van der Waals surface area contributed by atoms with Gasteiger partial charge in [0.05, 0.1) is 5.92 Å². The Hall–Kier alpha value is -0.960. The van der Waals surface area contributed by atoms with E-state index in [9.17, 15) is 9.90 Å². The van der Waals surface area contributed by atoms with Crippen LogP contribution in [0.5, 0.6) is 0 Å². The molecule has 1 saturated carbocycles. The second-order valence-electron chi connectivity index (χ2n) is 5.06. The lowest BCUT2D eigenvalue weighted by Crippen LogP contribution is -2.24. The zero-order valence-electron chi connectivity index (χ0n) is 10.8. The molecule has 1 N–H and O–H groups in total. The third kappa shape index (κ3) is 3.52. The summed E-state index contributed by atoms with van der Waals surface area (Å²) in [4.78, 5) is 12.6. The molecule has 0 radical (unpaired) electrons. The van der Waals surface area contributed by atoms with Crippen LogP contribution in [0.15, 0.2) is 29.2 Å². The normalized spacial score (nSPS) is 24.5. The van der Waals surface area contributed by atoms with Crippen LogP contribution in [0.25, 0.3) is 0 Å². The fourth-order valence-electron chi connectivity index (χ4n) is 2.56. The van der Waals surface area contributed by atoms with Gasteiger partial charge in [-0.15, -0.1) is 11.8 Å². The topological polar surface area (TPSA) is 37.3 Å². The van der Waals surface area contributed by atoms with E-state index >= 15 is 0 Å². The molecule has 2 nitrogen and oxygen atoms in total. The molecular formula is C15H20O2S. The lowest BCUT2D eigenvalue weighted by molar-refractivity contribution is -0.141. The van der Waals surface area contributed by atoms with Gasteiger partial charge in [-0.1, -0.05) is 37.0 Å². The molecule has 98 valence electrons. The molecule has 0 saturated heterocycles. The summed E-state index contributed by atoms with van der Waals surface area (Å²) in [7, 11) is 0. The third-order valence-corrected chi connectivity index (χ3v) is 4.94. The number of carboxylic acid groups (broad SMARTS) is 1. The van der Waals surface area contributed by atoms with E-state index in [2.05, 4.69) is 25.1 Å². The first-order valence-electron chi connectivity index (χ1n) is 6.63. The molecule has 3 heteroatoms. The summed E-state index contributed by atoms with van der Waals surface area (Å²) < 4.78 is 0. The van der Waals surface area contributed by atoms with E-state index in [1.54, 1.807) is 11.8 Å². The molecule has 0 amide bonds. The van der Waals surface area contributed by atoms with E-state index in [0.29, 0.717) is 0 Å². The minimum absolute atomic E-state index is 0.182. The van der Waals surface area contributed by atoms with Gasteiger partial charge in [0.25, 0.3) is 0 Å². The minimum atomic E-state index is -0.623. The van der Waals surface area contributed by atoms with E-state index in [-0.39, 0.29) is 11.2 Å². The summed E-state index contributed by atoms with van der Waals surface area (Å²) in [5.74, 6) is -0.805. The van der Waals surface area contributed by atoms with Crippen molar-refractivity contribution < 1.29 is 9.90 Å². The number of carboxylic acids is 1. The van der Waals surface area contributed by atoms with Crippen LogP contribution < -0.4 is 0 Å². The van der Waals surface area contributed by atoms with Gasteiger partial charge in [0.1, 0.15) is 0 Å². The predicted octanol–water partition coefficient (Wildman–Crippen LogP) is 4.12. The van der Waals surface area contributed by atoms with Crippen LogP contribution in [0.1, 0.15) is 37.7 Å². The number of thioether (sulfide) groups is 1. The van der Waals surface area contributed by atoms with Crippen molar-refractivity contribution in [1.82, 2.24) is 0 Å². The van der Waals surface area contributed by atoms with Crippen molar-refractivity contribution in [3.05, 3.63) is 29.8 Å². The summed E-state index contributed by atoms with van der Waals surface area (Å²) in [5.41, 5.74) is 1.24. The molecule has 1 aromatic rings. The van der Waals surface area contributed by atoms with Crippen molar-refractivity contribution in [2.24, 2.45) is 5.92 Å². The number of aryl methyl sites for hydroxylation is 1. The number of hydrogen-bond acceptors (Lipinski definition) is 2. The Balaban J connectivity index is 2.11. The van der Waals surface area contributed by atoms with E-state index in [4.69, 9.17) is 0 Å². The van der Waals surface area contributed by atoms with Gasteiger partial charge < -0.3 is 5.11 Å². The molecule has 1 aliphatic rings. The number of rotatable bonds is 3. The van der Waals surface area contributed by atoms with E-state index in [1.165, 1.54) is 16.9 Å². The van der Waals surface area contributed by atoms with Gasteiger partial charge in [0.2, 0.25) is 0 Å². The quantitative estimate of drug-likeness (QED) is 0.834. The minimum Gasteiger partial charge on any atom is -0.481 e. The highest BCUT2D eigenvalue weighted by molar-refractivity contribution is 8.00. The molecule has 1 aromatic carbocycles. The number of carbonyl (C=O) groups is 1. The average molecular weight is 264 g/mol. The molecule has 0 spiro atoms. The molecule has 0 aromatic heterocycles. The van der Waals surface area contributed by atoms with Crippen LogP contribution in [-0.4, -0.2) is 16.3 Å². The van der Waals surface area contributed by atoms with Crippen molar-refractivity contribution in [3.63, 3.8) is 0 Å². The molecule has 2 rings (SSSR count). The Kier molecular flexibility index (Phi) is 4.70. The van der Waals surface area contributed by atoms with Crippen LogP contribution in [0.3, 0.4) is 0 Å². The fourth-order valence-corrected chi connectivity index (χ4v) is 4.02. The lowest BCUT2D eigenvalue weighted by atomic mass is 10.0. The van der Waals surface area contributed by atoms with Gasteiger partial charge >= 0.3 is 5.97 Å². The van der Waals surface area contributed by atoms with E-state index < -0.39 is 5.97 Å². The molecule has 2 unspecified atom stereocenters. The first-order valence-corrected chi connectivity index (χ1v) is 7.51. The van der Waals surface area contributed by atoms with Gasteiger partial charge in [-0.25, -0.2) is 0 Å². The monoisotopic (exact) mass is 264 g/mol. The second-order valence-corrected chi connectivity index (χ2v) is 6.37. The molecule has 0 aliphatic heterocycles. The maximum atomic E-state index is 11.4. The zero-order valence-corrected chi connectivity index (χ0v) is 11.6.